The standard InChI is InChI=1S/C33H65N2O6P/c1-6-8-10-12-14-16-18-20-22-24-26-32(36)31(30-41-42(38,39)40-29-28-35(3,4)5)34-33(37)27-25-23-21-19-17-15-13-11-9-7-2/h11,13,24,26,31-32,36H,6-10,12,14-23,25,27-30H2,1-5H3,(H-,34,37,38,39)/b13-11-,26-24+. The van der Waals surface area contributed by atoms with Crippen molar-refractivity contribution in [1.29, 1.82) is 0 Å². The summed E-state index contributed by atoms with van der Waals surface area (Å²) < 4.78 is 22.9. The van der Waals surface area contributed by atoms with Gasteiger partial charge < -0.3 is 28.8 Å². The Labute approximate surface area is 258 Å². The maximum atomic E-state index is 12.7. The molecule has 0 rings (SSSR count). The number of hydrogen-bond acceptors (Lipinski definition) is 6. The molecule has 9 heteroatoms. The second-order valence-electron chi connectivity index (χ2n) is 12.5. The van der Waals surface area contributed by atoms with Gasteiger partial charge >= 0.3 is 0 Å². The van der Waals surface area contributed by atoms with Gasteiger partial charge in [0.2, 0.25) is 5.91 Å². The summed E-state index contributed by atoms with van der Waals surface area (Å²) in [5.74, 6) is -0.215. The number of likely N-dealkylation sites (N-methyl/N-ethyl adjacent to an activating group) is 1. The lowest BCUT2D eigenvalue weighted by molar-refractivity contribution is -0.870. The van der Waals surface area contributed by atoms with Crippen LogP contribution in [0.3, 0.4) is 0 Å². The number of carbonyl (C=O) groups excluding carboxylic acids is 1. The first-order valence-corrected chi connectivity index (χ1v) is 18.2. The Bertz CT molecular complexity index is 753. The Morgan fingerprint density at radius 2 is 1.36 bits per heavy atom. The van der Waals surface area contributed by atoms with Crippen LogP contribution < -0.4 is 10.2 Å². The monoisotopic (exact) mass is 616 g/mol. The van der Waals surface area contributed by atoms with Gasteiger partial charge in [-0.05, 0) is 38.5 Å². The van der Waals surface area contributed by atoms with Crippen LogP contribution in [0.25, 0.3) is 0 Å². The van der Waals surface area contributed by atoms with Crippen LogP contribution in [0.2, 0.25) is 0 Å². The first-order valence-electron chi connectivity index (χ1n) is 16.7. The van der Waals surface area contributed by atoms with Crippen molar-refractivity contribution in [3.8, 4) is 0 Å². The summed E-state index contributed by atoms with van der Waals surface area (Å²) in [5.41, 5.74) is 0. The molecule has 0 radical (unpaired) electrons. The second-order valence-corrected chi connectivity index (χ2v) is 13.9. The molecule has 0 aliphatic rings. The molecule has 0 aromatic heterocycles. The first kappa shape index (κ1) is 41.0. The zero-order valence-corrected chi connectivity index (χ0v) is 28.6. The zero-order chi connectivity index (χ0) is 31.5. The highest BCUT2D eigenvalue weighted by molar-refractivity contribution is 7.45. The number of unbranched alkanes of at least 4 members (excludes halogenated alkanes) is 14. The highest BCUT2D eigenvalue weighted by atomic mass is 31.2. The number of carbonyl (C=O) groups is 1. The summed E-state index contributed by atoms with van der Waals surface area (Å²) in [6.45, 7) is 4.51. The number of quaternary nitrogens is 1. The smallest absolute Gasteiger partial charge is 0.268 e. The van der Waals surface area contributed by atoms with Gasteiger partial charge in [0, 0.05) is 6.42 Å². The maximum absolute atomic E-state index is 12.7. The van der Waals surface area contributed by atoms with Crippen LogP contribution in [0.15, 0.2) is 24.3 Å². The van der Waals surface area contributed by atoms with Crippen LogP contribution in [0.1, 0.15) is 129 Å². The number of phosphoric acid groups is 1. The predicted molar refractivity (Wildman–Crippen MR) is 173 cm³/mol. The normalized spacial score (nSPS) is 15.3. The summed E-state index contributed by atoms with van der Waals surface area (Å²) in [4.78, 5) is 25.0. The van der Waals surface area contributed by atoms with E-state index in [2.05, 4.69) is 31.3 Å². The minimum Gasteiger partial charge on any atom is -0.756 e. The Balaban J connectivity index is 4.66. The van der Waals surface area contributed by atoms with E-state index in [1.54, 1.807) is 6.08 Å². The molecule has 248 valence electrons. The third kappa shape index (κ3) is 27.8. The van der Waals surface area contributed by atoms with Crippen molar-refractivity contribution in [2.45, 2.75) is 142 Å². The van der Waals surface area contributed by atoms with Gasteiger partial charge in [-0.15, -0.1) is 0 Å². The number of nitrogens with zero attached hydrogens (tertiary/aromatic N) is 1. The van der Waals surface area contributed by atoms with E-state index in [1.165, 1.54) is 44.9 Å². The fourth-order valence-corrected chi connectivity index (χ4v) is 5.11. The SMILES string of the molecule is CCC/C=C\CCCCCCCC(=O)NC(COP(=O)([O-])OCC[N+](C)(C)C)C(O)/C=C/CCCCCCCCCC. The van der Waals surface area contributed by atoms with E-state index >= 15 is 0 Å². The first-order chi connectivity index (χ1) is 20.0. The van der Waals surface area contributed by atoms with Crippen molar-refractivity contribution >= 4 is 13.7 Å². The van der Waals surface area contributed by atoms with Gasteiger partial charge in [-0.3, -0.25) is 9.36 Å². The van der Waals surface area contributed by atoms with Crippen molar-refractivity contribution in [3.05, 3.63) is 24.3 Å². The molecule has 3 unspecified atom stereocenters. The third-order valence-corrected chi connectivity index (χ3v) is 8.10. The number of phosphoric ester groups is 1. The lowest BCUT2D eigenvalue weighted by Gasteiger charge is -2.29. The van der Waals surface area contributed by atoms with Gasteiger partial charge in [0.15, 0.2) is 0 Å². The summed E-state index contributed by atoms with van der Waals surface area (Å²) in [5, 5.41) is 13.6. The van der Waals surface area contributed by atoms with Crippen molar-refractivity contribution < 1.29 is 32.9 Å². The third-order valence-electron chi connectivity index (χ3n) is 7.14. The van der Waals surface area contributed by atoms with Crippen LogP contribution >= 0.6 is 7.82 Å². The van der Waals surface area contributed by atoms with E-state index < -0.39 is 20.0 Å². The number of amides is 1. The largest absolute Gasteiger partial charge is 0.756 e. The summed E-state index contributed by atoms with van der Waals surface area (Å²) in [6, 6.07) is -0.883. The van der Waals surface area contributed by atoms with Crippen molar-refractivity contribution in [3.63, 3.8) is 0 Å². The van der Waals surface area contributed by atoms with Crippen molar-refractivity contribution in [1.82, 2.24) is 5.32 Å². The lowest BCUT2D eigenvalue weighted by atomic mass is 10.1. The highest BCUT2D eigenvalue weighted by Crippen LogP contribution is 2.38. The number of rotatable bonds is 29. The summed E-state index contributed by atoms with van der Waals surface area (Å²) in [7, 11) is 1.25. The highest BCUT2D eigenvalue weighted by Gasteiger charge is 2.23. The van der Waals surface area contributed by atoms with Gasteiger partial charge in [0.25, 0.3) is 7.82 Å². The van der Waals surface area contributed by atoms with E-state index in [4.69, 9.17) is 9.05 Å². The summed E-state index contributed by atoms with van der Waals surface area (Å²) in [6.07, 6.45) is 26.5. The second kappa shape index (κ2) is 26.4. The van der Waals surface area contributed by atoms with E-state index in [0.717, 1.165) is 64.2 Å². The Hall–Kier alpha value is -1.02. The number of allylic oxidation sites excluding steroid dienone is 3. The van der Waals surface area contributed by atoms with E-state index in [1.807, 2.05) is 27.2 Å². The molecule has 0 fully saturated rings. The minimum absolute atomic E-state index is 0.00259. The van der Waals surface area contributed by atoms with Gasteiger partial charge in [0.1, 0.15) is 13.2 Å². The minimum atomic E-state index is -4.57. The van der Waals surface area contributed by atoms with Gasteiger partial charge in [-0.1, -0.05) is 109 Å². The molecule has 0 saturated heterocycles. The molecule has 3 atom stereocenters. The molecule has 0 bridgehead atoms. The summed E-state index contributed by atoms with van der Waals surface area (Å²) >= 11 is 0. The molecular formula is C33H65N2O6P. The lowest BCUT2D eigenvalue weighted by Crippen LogP contribution is -2.45. The van der Waals surface area contributed by atoms with E-state index in [-0.39, 0.29) is 19.1 Å². The van der Waals surface area contributed by atoms with Gasteiger partial charge in [0.05, 0.1) is 39.9 Å². The molecule has 1 amide bonds. The molecule has 0 saturated carbocycles. The number of hydrogen-bond donors (Lipinski definition) is 2. The molecule has 0 heterocycles. The van der Waals surface area contributed by atoms with E-state index in [0.29, 0.717) is 17.4 Å². The molecule has 42 heavy (non-hydrogen) atoms. The topological polar surface area (TPSA) is 108 Å². The van der Waals surface area contributed by atoms with Crippen LogP contribution in [0.4, 0.5) is 0 Å². The predicted octanol–water partition coefficient (Wildman–Crippen LogP) is 7.21. The molecule has 8 nitrogen and oxygen atoms in total. The number of aliphatic hydroxyl groups excluding tert-OH is 1. The molecule has 0 spiro atoms. The molecule has 0 aliphatic heterocycles. The average Bonchev–Trinajstić information content (AvgIpc) is 2.92. The van der Waals surface area contributed by atoms with Gasteiger partial charge in [-0.2, -0.15) is 0 Å². The van der Waals surface area contributed by atoms with E-state index in [9.17, 15) is 19.4 Å². The quantitative estimate of drug-likeness (QED) is 0.0398. The Morgan fingerprint density at radius 1 is 0.810 bits per heavy atom. The Morgan fingerprint density at radius 3 is 1.95 bits per heavy atom. The zero-order valence-electron chi connectivity index (χ0n) is 27.7. The van der Waals surface area contributed by atoms with Crippen LogP contribution in [0, 0.1) is 0 Å². The average molecular weight is 617 g/mol. The fraction of sp³-hybridized carbons (Fsp3) is 0.848. The van der Waals surface area contributed by atoms with Gasteiger partial charge in [-0.25, -0.2) is 0 Å². The Kier molecular flexibility index (Phi) is 25.7. The molecule has 2 N–H and O–H groups in total. The number of aliphatic hydroxyl groups is 1. The van der Waals surface area contributed by atoms with Crippen molar-refractivity contribution in [2.75, 3.05) is 40.9 Å². The molecule has 0 aromatic rings. The maximum Gasteiger partial charge on any atom is 0.268 e. The fourth-order valence-electron chi connectivity index (χ4n) is 4.39. The number of nitrogens with one attached hydrogen (secondary N) is 1. The van der Waals surface area contributed by atoms with Crippen LogP contribution in [-0.4, -0.2) is 68.5 Å². The van der Waals surface area contributed by atoms with Crippen LogP contribution in [-0.2, 0) is 18.4 Å². The van der Waals surface area contributed by atoms with Crippen molar-refractivity contribution in [2.24, 2.45) is 0 Å². The molecule has 0 aliphatic carbocycles. The van der Waals surface area contributed by atoms with Crippen LogP contribution in [0.5, 0.6) is 0 Å². The molecule has 0 aromatic carbocycles. The molecular weight excluding hydrogens is 551 g/mol.